The summed E-state index contributed by atoms with van der Waals surface area (Å²) in [6.45, 7) is 0.548. The number of nitrogens with one attached hydrogen (secondary N) is 2. The number of thiazole rings is 1. The summed E-state index contributed by atoms with van der Waals surface area (Å²) in [6, 6.07) is 5.50. The van der Waals surface area contributed by atoms with Crippen LogP contribution >= 0.6 is 11.3 Å². The molecule has 1 amide bonds. The van der Waals surface area contributed by atoms with Crippen LogP contribution < -0.4 is 19.6 Å². The summed E-state index contributed by atoms with van der Waals surface area (Å²) in [5.41, 5.74) is 0.919. The molecule has 0 fully saturated rings. The highest BCUT2D eigenvalue weighted by molar-refractivity contribution is 7.06. The Balaban J connectivity index is 1.95. The first-order valence-corrected chi connectivity index (χ1v) is 7.18. The quantitative estimate of drug-likeness (QED) is 0.846. The van der Waals surface area contributed by atoms with E-state index in [0.29, 0.717) is 22.8 Å². The minimum absolute atomic E-state index is 0.137. The Kier molecular flexibility index (Phi) is 4.99. The summed E-state index contributed by atoms with van der Waals surface area (Å²) in [7, 11) is 3.15. The zero-order chi connectivity index (χ0) is 15.2. The van der Waals surface area contributed by atoms with E-state index >= 15 is 0 Å². The fraction of sp³-hybridized carbons (Fsp3) is 0.286. The zero-order valence-electron chi connectivity index (χ0n) is 11.9. The van der Waals surface area contributed by atoms with Gasteiger partial charge in [-0.1, -0.05) is 6.07 Å². The molecule has 0 aliphatic heterocycles. The second-order valence-corrected chi connectivity index (χ2v) is 5.20. The first kappa shape index (κ1) is 15.1. The summed E-state index contributed by atoms with van der Waals surface area (Å²) < 4.78 is 12.0. The molecule has 1 aromatic heterocycles. The number of carbonyl (C=O) groups is 1. The lowest BCUT2D eigenvalue weighted by Gasteiger charge is -2.10. The van der Waals surface area contributed by atoms with Gasteiger partial charge in [-0.25, -0.2) is 0 Å². The summed E-state index contributed by atoms with van der Waals surface area (Å²) in [6.07, 6.45) is 1.73. The molecular formula is C14H17N3O3S. The zero-order valence-corrected chi connectivity index (χ0v) is 12.7. The van der Waals surface area contributed by atoms with Gasteiger partial charge in [-0.15, -0.1) is 11.3 Å². The predicted octanol–water partition coefficient (Wildman–Crippen LogP) is 1.36. The van der Waals surface area contributed by atoms with Crippen molar-refractivity contribution >= 4 is 17.2 Å². The van der Waals surface area contributed by atoms with Crippen LogP contribution in [0.5, 0.6) is 11.5 Å². The van der Waals surface area contributed by atoms with Crippen molar-refractivity contribution in [2.24, 2.45) is 0 Å². The molecule has 1 heterocycles. The number of nitrogens with zero attached hydrogens (tertiary/aromatic N) is 1. The molecule has 2 N–H and O–H groups in total. The van der Waals surface area contributed by atoms with Crippen LogP contribution in [0.1, 0.15) is 5.56 Å². The molecule has 2 aromatic rings. The topological polar surface area (TPSA) is 76.3 Å². The molecule has 0 radical (unpaired) electrons. The smallest absolute Gasteiger partial charge is 0.240 e. The minimum atomic E-state index is -0.137. The maximum absolute atomic E-state index is 11.8. The van der Waals surface area contributed by atoms with E-state index < -0.39 is 0 Å². The molecule has 0 spiro atoms. The number of amides is 1. The van der Waals surface area contributed by atoms with Crippen molar-refractivity contribution < 1.29 is 14.3 Å². The predicted molar refractivity (Wildman–Crippen MR) is 79.6 cm³/mol. The molecule has 1 aromatic carbocycles. The Hall–Kier alpha value is -2.28. The van der Waals surface area contributed by atoms with Crippen molar-refractivity contribution in [2.75, 3.05) is 14.2 Å². The van der Waals surface area contributed by atoms with Crippen LogP contribution in [0, 0.1) is 5.41 Å². The second-order valence-electron chi connectivity index (χ2n) is 4.30. The fourth-order valence-corrected chi connectivity index (χ4v) is 2.43. The van der Waals surface area contributed by atoms with Crippen LogP contribution in [0.15, 0.2) is 29.8 Å². The van der Waals surface area contributed by atoms with Crippen molar-refractivity contribution in [3.05, 3.63) is 40.1 Å². The van der Waals surface area contributed by atoms with Crippen LogP contribution in [0.25, 0.3) is 0 Å². The number of carbonyl (C=O) groups excluding carboxylic acids is 1. The average molecular weight is 307 g/mol. The van der Waals surface area contributed by atoms with Gasteiger partial charge in [-0.3, -0.25) is 10.2 Å². The van der Waals surface area contributed by atoms with E-state index in [2.05, 4.69) is 5.32 Å². The van der Waals surface area contributed by atoms with E-state index in [1.807, 2.05) is 12.1 Å². The van der Waals surface area contributed by atoms with Gasteiger partial charge in [-0.2, -0.15) is 0 Å². The highest BCUT2D eigenvalue weighted by Crippen LogP contribution is 2.27. The van der Waals surface area contributed by atoms with Crippen LogP contribution in [-0.2, 0) is 17.9 Å². The Morgan fingerprint density at radius 2 is 2.10 bits per heavy atom. The van der Waals surface area contributed by atoms with Gasteiger partial charge in [-0.05, 0) is 17.7 Å². The number of ether oxygens (including phenoxy) is 2. The standard InChI is InChI=1S/C14H17N3O3S/c1-19-11-4-3-10(7-12(11)20-2)8-16-13(18)9-17-5-6-21-14(17)15/h3-7,15H,8-9H2,1-2H3,(H,16,18). The van der Waals surface area contributed by atoms with Crippen molar-refractivity contribution in [2.45, 2.75) is 13.1 Å². The molecule has 0 bridgehead atoms. The molecule has 0 unspecified atom stereocenters. The molecule has 0 saturated carbocycles. The van der Waals surface area contributed by atoms with Crippen molar-refractivity contribution in [1.82, 2.24) is 9.88 Å². The molecule has 0 aliphatic carbocycles. The molecule has 21 heavy (non-hydrogen) atoms. The van der Waals surface area contributed by atoms with Gasteiger partial charge in [0.15, 0.2) is 16.3 Å². The normalized spacial score (nSPS) is 10.2. The monoisotopic (exact) mass is 307 g/mol. The van der Waals surface area contributed by atoms with Crippen molar-refractivity contribution in [1.29, 1.82) is 5.41 Å². The lowest BCUT2D eigenvalue weighted by molar-refractivity contribution is -0.121. The highest BCUT2D eigenvalue weighted by atomic mass is 32.1. The first-order valence-electron chi connectivity index (χ1n) is 6.30. The van der Waals surface area contributed by atoms with E-state index in [1.165, 1.54) is 11.3 Å². The Bertz CT molecular complexity index is 678. The van der Waals surface area contributed by atoms with Gasteiger partial charge in [0, 0.05) is 18.1 Å². The third-order valence-electron chi connectivity index (χ3n) is 2.93. The third-order valence-corrected chi connectivity index (χ3v) is 3.65. The van der Waals surface area contributed by atoms with Crippen molar-refractivity contribution in [3.63, 3.8) is 0 Å². The number of rotatable bonds is 6. The number of hydrogen-bond donors (Lipinski definition) is 2. The molecule has 6 nitrogen and oxygen atoms in total. The Labute approximate surface area is 126 Å². The van der Waals surface area contributed by atoms with E-state index in [1.54, 1.807) is 36.4 Å². The molecule has 112 valence electrons. The molecule has 7 heteroatoms. The molecule has 0 aliphatic rings. The van der Waals surface area contributed by atoms with Gasteiger partial charge < -0.3 is 19.4 Å². The SMILES string of the molecule is COc1ccc(CNC(=O)Cn2ccsc2=N)cc1OC. The Morgan fingerprint density at radius 1 is 1.33 bits per heavy atom. The van der Waals surface area contributed by atoms with E-state index in [0.717, 1.165) is 5.56 Å². The van der Waals surface area contributed by atoms with Crippen LogP contribution in [0.3, 0.4) is 0 Å². The van der Waals surface area contributed by atoms with Gasteiger partial charge in [0.05, 0.1) is 14.2 Å². The van der Waals surface area contributed by atoms with Gasteiger partial charge in [0.2, 0.25) is 5.91 Å². The first-order chi connectivity index (χ1) is 10.1. The lowest BCUT2D eigenvalue weighted by Crippen LogP contribution is -2.29. The fourth-order valence-electron chi connectivity index (χ4n) is 1.83. The average Bonchev–Trinajstić information content (AvgIpc) is 2.90. The highest BCUT2D eigenvalue weighted by Gasteiger charge is 2.07. The number of aromatic nitrogens is 1. The summed E-state index contributed by atoms with van der Waals surface area (Å²) in [5.74, 6) is 1.15. The van der Waals surface area contributed by atoms with Gasteiger partial charge >= 0.3 is 0 Å². The van der Waals surface area contributed by atoms with E-state index in [9.17, 15) is 4.79 Å². The van der Waals surface area contributed by atoms with E-state index in [4.69, 9.17) is 14.9 Å². The largest absolute Gasteiger partial charge is 0.493 e. The van der Waals surface area contributed by atoms with E-state index in [-0.39, 0.29) is 12.5 Å². The lowest BCUT2D eigenvalue weighted by atomic mass is 10.2. The Morgan fingerprint density at radius 3 is 2.71 bits per heavy atom. The third kappa shape index (κ3) is 3.85. The number of methoxy groups -OCH3 is 2. The minimum Gasteiger partial charge on any atom is -0.493 e. The van der Waals surface area contributed by atoms with Gasteiger partial charge in [0.1, 0.15) is 6.54 Å². The molecule has 0 atom stereocenters. The summed E-state index contributed by atoms with van der Waals surface area (Å²) >= 11 is 1.29. The summed E-state index contributed by atoms with van der Waals surface area (Å²) in [5, 5.41) is 12.2. The van der Waals surface area contributed by atoms with Gasteiger partial charge in [0.25, 0.3) is 0 Å². The van der Waals surface area contributed by atoms with Crippen LogP contribution in [-0.4, -0.2) is 24.7 Å². The van der Waals surface area contributed by atoms with Crippen LogP contribution in [0.2, 0.25) is 0 Å². The van der Waals surface area contributed by atoms with Crippen LogP contribution in [0.4, 0.5) is 0 Å². The molecule has 2 rings (SSSR count). The maximum Gasteiger partial charge on any atom is 0.240 e. The second kappa shape index (κ2) is 6.94. The molecule has 0 saturated heterocycles. The summed E-state index contributed by atoms with van der Waals surface area (Å²) in [4.78, 5) is 12.2. The maximum atomic E-state index is 11.8. The number of hydrogen-bond acceptors (Lipinski definition) is 5. The molecular weight excluding hydrogens is 290 g/mol. The number of benzene rings is 1. The van der Waals surface area contributed by atoms with Crippen molar-refractivity contribution in [3.8, 4) is 11.5 Å².